The Labute approximate surface area is 287 Å². The van der Waals surface area contributed by atoms with Crippen molar-refractivity contribution < 1.29 is 28.6 Å². The minimum atomic E-state index is -0.854. The largest absolute Gasteiger partial charge is 0.444 e. The van der Waals surface area contributed by atoms with E-state index in [1.165, 1.54) is 0 Å². The number of hydrogen-bond donors (Lipinski definition) is 0. The highest BCUT2D eigenvalue weighted by atomic mass is 35.5. The molecular formula is C35H41Cl3N2O6. The highest BCUT2D eigenvalue weighted by Gasteiger charge is 2.26. The Kier molecular flexibility index (Phi) is 16.7. The molecule has 0 saturated carbocycles. The van der Waals surface area contributed by atoms with Crippen molar-refractivity contribution in [3.8, 4) is 36.2 Å². The van der Waals surface area contributed by atoms with E-state index < -0.39 is 11.0 Å². The smallest absolute Gasteiger partial charge is 0.415 e. The van der Waals surface area contributed by atoms with Crippen LogP contribution in [0.5, 0.6) is 11.5 Å². The van der Waals surface area contributed by atoms with Crippen LogP contribution in [0.25, 0.3) is 0 Å². The third-order valence-electron chi connectivity index (χ3n) is 6.98. The first kappa shape index (κ1) is 38.6. The summed E-state index contributed by atoms with van der Waals surface area (Å²) in [5.74, 6) is 7.37. The number of carbonyl (C=O) groups excluding carboxylic acids is 3. The van der Waals surface area contributed by atoms with Gasteiger partial charge in [0.1, 0.15) is 17.1 Å². The van der Waals surface area contributed by atoms with Gasteiger partial charge < -0.3 is 24.0 Å². The third kappa shape index (κ3) is 15.6. The van der Waals surface area contributed by atoms with Gasteiger partial charge in [-0.05, 0) is 107 Å². The van der Waals surface area contributed by atoms with Gasteiger partial charge in [-0.3, -0.25) is 0 Å². The van der Waals surface area contributed by atoms with Crippen LogP contribution in [0.3, 0.4) is 0 Å². The lowest BCUT2D eigenvalue weighted by Crippen LogP contribution is -2.41. The number of benzene rings is 2. The molecule has 2 fully saturated rings. The van der Waals surface area contributed by atoms with E-state index in [9.17, 15) is 14.4 Å². The number of amides is 2. The number of hydrogen-bond acceptors (Lipinski definition) is 6. The molecule has 8 nitrogen and oxygen atoms in total. The van der Waals surface area contributed by atoms with Gasteiger partial charge in [0.15, 0.2) is 0 Å². The summed E-state index contributed by atoms with van der Waals surface area (Å²) in [6.45, 7) is 8.60. The van der Waals surface area contributed by atoms with Crippen molar-refractivity contribution in [2.75, 3.05) is 26.2 Å². The molecule has 2 aliphatic rings. The van der Waals surface area contributed by atoms with E-state index >= 15 is 0 Å². The standard InChI is InChI=1S/C15H16ClNO2.C13H21NO2.C7H4Cl2O2/c1-2-3-12-8-10-17(11-9-12)15(18)19-14-6-4-13(16)5-7-14;1-5-6-11-7-9-14(10-8-11)12(15)16-13(2,3)4;8-5-1-3-6(4-2-5)11-7(9)10/h1,4-7,12H,3,8-11H2;1,11H,6-10H2,2-4H3;1-4H. The molecule has 4 rings (SSSR count). The molecule has 0 aliphatic carbocycles. The second-order valence-electron chi connectivity index (χ2n) is 11.8. The monoisotopic (exact) mass is 690 g/mol. The van der Waals surface area contributed by atoms with Gasteiger partial charge in [0.25, 0.3) is 0 Å². The highest BCUT2D eigenvalue weighted by Crippen LogP contribution is 2.23. The number of ether oxygens (including phenoxy) is 3. The lowest BCUT2D eigenvalue weighted by molar-refractivity contribution is 0.0185. The van der Waals surface area contributed by atoms with Gasteiger partial charge in [-0.25, -0.2) is 14.4 Å². The van der Waals surface area contributed by atoms with E-state index in [2.05, 4.69) is 16.6 Å². The Morgan fingerprint density at radius 3 is 1.43 bits per heavy atom. The Balaban J connectivity index is 0.000000249. The average Bonchev–Trinajstić information content (AvgIpc) is 3.00. The number of rotatable bonds is 4. The van der Waals surface area contributed by atoms with Crippen LogP contribution in [-0.2, 0) is 4.74 Å². The van der Waals surface area contributed by atoms with Gasteiger partial charge in [-0.15, -0.1) is 24.7 Å². The van der Waals surface area contributed by atoms with E-state index in [0.717, 1.165) is 51.6 Å². The quantitative estimate of drug-likeness (QED) is 0.235. The van der Waals surface area contributed by atoms with Crippen LogP contribution in [0.1, 0.15) is 59.3 Å². The average molecular weight is 692 g/mol. The van der Waals surface area contributed by atoms with E-state index in [1.807, 2.05) is 20.8 Å². The first-order chi connectivity index (χ1) is 21.8. The van der Waals surface area contributed by atoms with E-state index in [4.69, 9.17) is 57.1 Å². The van der Waals surface area contributed by atoms with Gasteiger partial charge in [0.2, 0.25) is 0 Å². The molecule has 2 aromatic carbocycles. The number of halogens is 3. The fraction of sp³-hybridized carbons (Fsp3) is 0.457. The van der Waals surface area contributed by atoms with Crippen molar-refractivity contribution >= 4 is 52.4 Å². The summed E-state index contributed by atoms with van der Waals surface area (Å²) in [7, 11) is 0. The zero-order chi connectivity index (χ0) is 34.1. The molecule has 2 aliphatic heterocycles. The van der Waals surface area contributed by atoms with E-state index in [-0.39, 0.29) is 12.2 Å². The predicted molar refractivity (Wildman–Crippen MR) is 183 cm³/mol. The molecule has 2 saturated heterocycles. The van der Waals surface area contributed by atoms with Crippen molar-refractivity contribution in [3.63, 3.8) is 0 Å². The Hall–Kier alpha value is -3.56. The minimum Gasteiger partial charge on any atom is -0.444 e. The molecule has 0 atom stereocenters. The van der Waals surface area contributed by atoms with Crippen LogP contribution >= 0.6 is 34.8 Å². The normalized spacial score (nSPS) is 15.0. The van der Waals surface area contributed by atoms with Gasteiger partial charge >= 0.3 is 17.6 Å². The molecule has 46 heavy (non-hydrogen) atoms. The maximum Gasteiger partial charge on any atom is 0.415 e. The predicted octanol–water partition coefficient (Wildman–Crippen LogP) is 9.31. The highest BCUT2D eigenvalue weighted by molar-refractivity contribution is 6.61. The molecule has 2 aromatic rings. The molecule has 0 unspecified atom stereocenters. The number of carbonyl (C=O) groups is 3. The first-order valence-corrected chi connectivity index (χ1v) is 16.1. The Bertz CT molecular complexity index is 1330. The van der Waals surface area contributed by atoms with Gasteiger partial charge in [0, 0.05) is 60.7 Å². The van der Waals surface area contributed by atoms with Crippen molar-refractivity contribution in [1.82, 2.24) is 9.80 Å². The SMILES string of the molecule is C#CCC1CCN(C(=O)OC(C)(C)C)CC1.C#CCC1CCN(C(=O)Oc2ccc(Cl)cc2)CC1.O=C(Cl)Oc1ccc(Cl)cc1. The summed E-state index contributed by atoms with van der Waals surface area (Å²) in [4.78, 5) is 37.4. The molecule has 0 aromatic heterocycles. The molecular weight excluding hydrogens is 651 g/mol. The van der Waals surface area contributed by atoms with Gasteiger partial charge in [-0.2, -0.15) is 0 Å². The topological polar surface area (TPSA) is 85.4 Å². The van der Waals surface area contributed by atoms with E-state index in [0.29, 0.717) is 46.5 Å². The molecule has 0 N–H and O–H groups in total. The molecule has 0 bridgehead atoms. The fourth-order valence-electron chi connectivity index (χ4n) is 4.56. The van der Waals surface area contributed by atoms with Crippen LogP contribution in [0, 0.1) is 36.5 Å². The summed E-state index contributed by atoms with van der Waals surface area (Å²) in [6.07, 6.45) is 15.6. The Morgan fingerprint density at radius 1 is 0.717 bits per heavy atom. The maximum absolute atomic E-state index is 11.9. The van der Waals surface area contributed by atoms with Crippen molar-refractivity contribution in [3.05, 3.63) is 58.6 Å². The second-order valence-corrected chi connectivity index (χ2v) is 13.0. The summed E-state index contributed by atoms with van der Waals surface area (Å²) < 4.78 is 15.1. The minimum absolute atomic E-state index is 0.202. The van der Waals surface area contributed by atoms with Crippen LogP contribution < -0.4 is 9.47 Å². The van der Waals surface area contributed by atoms with Crippen LogP contribution in [0.4, 0.5) is 14.4 Å². The van der Waals surface area contributed by atoms with Crippen molar-refractivity contribution in [2.24, 2.45) is 11.8 Å². The molecule has 0 radical (unpaired) electrons. The van der Waals surface area contributed by atoms with Crippen LogP contribution in [-0.4, -0.2) is 59.2 Å². The summed E-state index contributed by atoms with van der Waals surface area (Å²) >= 11 is 16.3. The summed E-state index contributed by atoms with van der Waals surface area (Å²) in [6, 6.07) is 13.1. The van der Waals surface area contributed by atoms with Crippen molar-refractivity contribution in [2.45, 2.75) is 64.9 Å². The van der Waals surface area contributed by atoms with Crippen LogP contribution in [0.2, 0.25) is 10.0 Å². The molecule has 11 heteroatoms. The molecule has 0 spiro atoms. The first-order valence-electron chi connectivity index (χ1n) is 15.0. The number of piperidine rings is 2. The van der Waals surface area contributed by atoms with Crippen LogP contribution in [0.15, 0.2) is 48.5 Å². The third-order valence-corrected chi connectivity index (χ3v) is 7.56. The number of likely N-dealkylation sites (tertiary alicyclic amines) is 2. The van der Waals surface area contributed by atoms with Gasteiger partial charge in [-0.1, -0.05) is 23.2 Å². The summed E-state index contributed by atoms with van der Waals surface area (Å²) in [5.41, 5.74) is -1.26. The van der Waals surface area contributed by atoms with Crippen molar-refractivity contribution in [1.29, 1.82) is 0 Å². The summed E-state index contributed by atoms with van der Waals surface area (Å²) in [5, 5.41) is 1.20. The number of nitrogens with zero attached hydrogens (tertiary/aromatic N) is 2. The zero-order valence-electron chi connectivity index (χ0n) is 26.5. The van der Waals surface area contributed by atoms with E-state index in [1.54, 1.807) is 58.3 Å². The molecule has 2 heterocycles. The van der Waals surface area contributed by atoms with Gasteiger partial charge in [0.05, 0.1) is 0 Å². The Morgan fingerprint density at radius 2 is 1.09 bits per heavy atom. The maximum atomic E-state index is 11.9. The second kappa shape index (κ2) is 19.8. The zero-order valence-corrected chi connectivity index (χ0v) is 28.7. The lowest BCUT2D eigenvalue weighted by atomic mass is 9.94. The lowest BCUT2D eigenvalue weighted by Gasteiger charge is -2.32. The molecule has 2 amide bonds. The number of terminal acetylenes is 2. The molecule has 248 valence electrons. The fourth-order valence-corrected chi connectivity index (χ4v) is 4.90.